The van der Waals surface area contributed by atoms with Gasteiger partial charge in [-0.25, -0.2) is 0 Å². The van der Waals surface area contributed by atoms with Gasteiger partial charge in [0, 0.05) is 13.2 Å². The maximum absolute atomic E-state index is 11.6. The van der Waals surface area contributed by atoms with Crippen molar-refractivity contribution >= 4 is 8.32 Å². The molecule has 1 saturated heterocycles. The number of aryl methyl sites for hydroxylation is 1. The molecule has 1 aliphatic heterocycles. The fraction of sp³-hybridized carbons (Fsp3) is 0.838. The van der Waals surface area contributed by atoms with E-state index in [1.54, 1.807) is 5.56 Å². The Bertz CT molecular complexity index is 1010. The molecule has 0 bridgehead atoms. The SMILES string of the molecule is CC(C)(C)[Si](C)(C)Oc1ccc2c(c1)CC[C@@H]1[C@@H]2CC[C@]2(C)[C@@H](O)[C@@H](CCCCCCCCOC3CCCCO3)C[C@@H]12. The number of ether oxygens (including phenoxy) is 2. The minimum Gasteiger partial charge on any atom is -0.543 e. The largest absolute Gasteiger partial charge is 0.543 e. The zero-order valence-corrected chi connectivity index (χ0v) is 28.9. The molecule has 1 aromatic rings. The number of fused-ring (bicyclic) bond motifs is 5. The highest BCUT2D eigenvalue weighted by atomic mass is 28.4. The Balaban J connectivity index is 1.07. The van der Waals surface area contributed by atoms with E-state index in [4.69, 9.17) is 13.9 Å². The summed E-state index contributed by atoms with van der Waals surface area (Å²) in [6.45, 7) is 15.8. The number of aliphatic hydroxyl groups excluding tert-OH is 1. The molecule has 238 valence electrons. The second kappa shape index (κ2) is 13.6. The highest BCUT2D eigenvalue weighted by Gasteiger charge is 2.57. The third-order valence-electron chi connectivity index (χ3n) is 12.4. The van der Waals surface area contributed by atoms with E-state index in [9.17, 15) is 5.11 Å². The van der Waals surface area contributed by atoms with Gasteiger partial charge >= 0.3 is 0 Å². The Morgan fingerprint density at radius 3 is 2.50 bits per heavy atom. The summed E-state index contributed by atoms with van der Waals surface area (Å²) < 4.78 is 18.2. The van der Waals surface area contributed by atoms with Crippen LogP contribution in [0.5, 0.6) is 5.75 Å². The first-order valence-corrected chi connectivity index (χ1v) is 20.6. The third kappa shape index (κ3) is 7.16. The summed E-state index contributed by atoms with van der Waals surface area (Å²) in [5.74, 6) is 3.63. The summed E-state index contributed by atoms with van der Waals surface area (Å²) in [6, 6.07) is 7.06. The van der Waals surface area contributed by atoms with Gasteiger partial charge in [-0.1, -0.05) is 65.9 Å². The Hall–Kier alpha value is -0.883. The van der Waals surface area contributed by atoms with Crippen molar-refractivity contribution in [2.24, 2.45) is 23.2 Å². The maximum Gasteiger partial charge on any atom is 0.250 e. The van der Waals surface area contributed by atoms with Crippen molar-refractivity contribution in [2.75, 3.05) is 13.2 Å². The van der Waals surface area contributed by atoms with Crippen LogP contribution in [0.2, 0.25) is 18.1 Å². The molecule has 4 aliphatic rings. The van der Waals surface area contributed by atoms with Crippen LogP contribution in [0.4, 0.5) is 0 Å². The van der Waals surface area contributed by atoms with E-state index in [0.29, 0.717) is 17.8 Å². The topological polar surface area (TPSA) is 47.9 Å². The van der Waals surface area contributed by atoms with Crippen molar-refractivity contribution in [3.05, 3.63) is 29.3 Å². The molecule has 4 nitrogen and oxygen atoms in total. The smallest absolute Gasteiger partial charge is 0.250 e. The molecule has 0 spiro atoms. The lowest BCUT2D eigenvalue weighted by atomic mass is 9.55. The minimum atomic E-state index is -1.84. The second-order valence-electron chi connectivity index (χ2n) is 16.2. The van der Waals surface area contributed by atoms with Gasteiger partial charge in [-0.05, 0) is 135 Å². The van der Waals surface area contributed by atoms with Crippen LogP contribution in [-0.2, 0) is 15.9 Å². The molecule has 3 fully saturated rings. The number of benzene rings is 1. The summed E-state index contributed by atoms with van der Waals surface area (Å²) in [5.41, 5.74) is 3.22. The molecule has 0 amide bonds. The number of rotatable bonds is 12. The molecule has 0 aromatic heterocycles. The lowest BCUT2D eigenvalue weighted by molar-refractivity contribution is -0.162. The molecule has 3 aliphatic carbocycles. The quantitative estimate of drug-likeness (QED) is 0.192. The van der Waals surface area contributed by atoms with Crippen LogP contribution in [0, 0.1) is 23.2 Å². The van der Waals surface area contributed by atoms with Crippen molar-refractivity contribution in [1.82, 2.24) is 0 Å². The van der Waals surface area contributed by atoms with E-state index in [-0.39, 0.29) is 22.8 Å². The number of hydrogen-bond acceptors (Lipinski definition) is 4. The number of aliphatic hydroxyl groups is 1. The molecule has 1 N–H and O–H groups in total. The van der Waals surface area contributed by atoms with Crippen LogP contribution in [-0.4, -0.2) is 39.0 Å². The molecule has 1 heterocycles. The van der Waals surface area contributed by atoms with Gasteiger partial charge in [0.15, 0.2) is 6.29 Å². The summed E-state index contributed by atoms with van der Waals surface area (Å²) in [6.07, 6.45) is 18.3. The average molecular weight is 599 g/mol. The Labute approximate surface area is 258 Å². The van der Waals surface area contributed by atoms with Gasteiger partial charge in [-0.3, -0.25) is 0 Å². The predicted molar refractivity (Wildman–Crippen MR) is 176 cm³/mol. The predicted octanol–water partition coefficient (Wildman–Crippen LogP) is 9.79. The van der Waals surface area contributed by atoms with E-state index < -0.39 is 8.32 Å². The van der Waals surface area contributed by atoms with Gasteiger partial charge in [0.05, 0.1) is 6.10 Å². The Morgan fingerprint density at radius 2 is 1.76 bits per heavy atom. The number of unbranched alkanes of at least 4 members (excludes halogenated alkanes) is 5. The van der Waals surface area contributed by atoms with E-state index in [2.05, 4.69) is 59.0 Å². The van der Waals surface area contributed by atoms with Crippen LogP contribution >= 0.6 is 0 Å². The fourth-order valence-corrected chi connectivity index (χ4v) is 9.79. The van der Waals surface area contributed by atoms with Crippen molar-refractivity contribution in [2.45, 2.75) is 160 Å². The van der Waals surface area contributed by atoms with Crippen LogP contribution in [0.25, 0.3) is 0 Å². The van der Waals surface area contributed by atoms with E-state index in [1.165, 1.54) is 82.6 Å². The average Bonchev–Trinajstić information content (AvgIpc) is 3.21. The second-order valence-corrected chi connectivity index (χ2v) is 20.9. The van der Waals surface area contributed by atoms with E-state index >= 15 is 0 Å². The fourth-order valence-electron chi connectivity index (χ4n) is 8.77. The number of hydrogen-bond donors (Lipinski definition) is 1. The van der Waals surface area contributed by atoms with Gasteiger partial charge in [0.25, 0.3) is 0 Å². The summed E-state index contributed by atoms with van der Waals surface area (Å²) in [5, 5.41) is 11.8. The highest BCUT2D eigenvalue weighted by Crippen LogP contribution is 2.63. The molecule has 1 aromatic carbocycles. The van der Waals surface area contributed by atoms with Gasteiger partial charge in [-0.15, -0.1) is 0 Å². The van der Waals surface area contributed by atoms with Gasteiger partial charge in [0.2, 0.25) is 8.32 Å². The van der Waals surface area contributed by atoms with Crippen molar-refractivity contribution in [1.29, 1.82) is 0 Å². The normalized spacial score (nSPS) is 33.1. The zero-order chi connectivity index (χ0) is 30.0. The van der Waals surface area contributed by atoms with Crippen molar-refractivity contribution < 1.29 is 19.0 Å². The van der Waals surface area contributed by atoms with Crippen LogP contribution in [0.3, 0.4) is 0 Å². The summed E-state index contributed by atoms with van der Waals surface area (Å²) in [4.78, 5) is 0. The minimum absolute atomic E-state index is 0.0561. The lowest BCUT2D eigenvalue weighted by Gasteiger charge is -2.50. The van der Waals surface area contributed by atoms with Gasteiger partial charge < -0.3 is 19.0 Å². The maximum atomic E-state index is 11.6. The molecule has 5 rings (SSSR count). The Kier molecular flexibility index (Phi) is 10.5. The molecule has 0 radical (unpaired) electrons. The molecule has 1 unspecified atom stereocenters. The molecular formula is C37H62O4Si. The lowest BCUT2D eigenvalue weighted by Crippen LogP contribution is -2.44. The first-order chi connectivity index (χ1) is 20.0. The van der Waals surface area contributed by atoms with Crippen LogP contribution in [0.1, 0.15) is 135 Å². The first kappa shape index (κ1) is 32.5. The zero-order valence-electron chi connectivity index (χ0n) is 27.9. The van der Waals surface area contributed by atoms with Crippen LogP contribution in [0.15, 0.2) is 18.2 Å². The van der Waals surface area contributed by atoms with E-state index in [1.807, 2.05) is 0 Å². The summed E-state index contributed by atoms with van der Waals surface area (Å²) >= 11 is 0. The molecule has 7 atom stereocenters. The first-order valence-electron chi connectivity index (χ1n) is 17.7. The standard InChI is InChI=1S/C37H62O4Si/c1-36(2,3)42(5,6)41-29-18-20-30-27(25-29)17-19-32-31(30)21-22-37(4)33(32)26-28(35(37)38)15-11-9-7-8-10-13-23-39-34-16-12-14-24-40-34/h18,20,25,28,31-35,38H,7-17,19,21-24,26H2,1-6H3/t28-,31+,32+,33-,34?,35-,37-/m0/s1. The molecule has 5 heteroatoms. The Morgan fingerprint density at radius 1 is 1.00 bits per heavy atom. The van der Waals surface area contributed by atoms with Crippen molar-refractivity contribution in [3.63, 3.8) is 0 Å². The monoisotopic (exact) mass is 598 g/mol. The highest BCUT2D eigenvalue weighted by molar-refractivity contribution is 6.74. The van der Waals surface area contributed by atoms with Gasteiger partial charge in [0.1, 0.15) is 5.75 Å². The van der Waals surface area contributed by atoms with Crippen LogP contribution < -0.4 is 4.43 Å². The molecule has 2 saturated carbocycles. The molecular weight excluding hydrogens is 536 g/mol. The third-order valence-corrected chi connectivity index (χ3v) is 16.8. The van der Waals surface area contributed by atoms with Crippen molar-refractivity contribution in [3.8, 4) is 5.75 Å². The summed E-state index contributed by atoms with van der Waals surface area (Å²) in [7, 11) is -1.84. The van der Waals surface area contributed by atoms with E-state index in [0.717, 1.165) is 44.1 Å². The molecule has 42 heavy (non-hydrogen) atoms. The van der Waals surface area contributed by atoms with Gasteiger partial charge in [-0.2, -0.15) is 0 Å².